The molecule has 0 unspecified atom stereocenters. The third kappa shape index (κ3) is 8.19. The van der Waals surface area contributed by atoms with E-state index in [-0.39, 0.29) is 0 Å². The van der Waals surface area contributed by atoms with Gasteiger partial charge in [0.05, 0.1) is 6.61 Å². The van der Waals surface area contributed by atoms with Crippen molar-refractivity contribution in [3.8, 4) is 0 Å². The van der Waals surface area contributed by atoms with Crippen LogP contribution in [0, 0.1) is 0 Å². The fraction of sp³-hybridized carbons (Fsp3) is 0.667. The number of carbonyl (C=O) groups is 1. The van der Waals surface area contributed by atoms with E-state index in [1.54, 1.807) is 0 Å². The molecule has 1 saturated heterocycles. The molecule has 1 heterocycles. The van der Waals surface area contributed by atoms with E-state index in [4.69, 9.17) is 9.47 Å². The van der Waals surface area contributed by atoms with Gasteiger partial charge in [-0.05, 0) is 38.4 Å². The SMILES string of the molecule is CCCCCCOCc1ccccc1NC(=O)OCCN1CCCCC1. The van der Waals surface area contributed by atoms with Gasteiger partial charge in [0.15, 0.2) is 0 Å². The molecule has 0 spiro atoms. The third-order valence-corrected chi connectivity index (χ3v) is 4.74. The molecule has 1 N–H and O–H groups in total. The van der Waals surface area contributed by atoms with Gasteiger partial charge in [-0.2, -0.15) is 0 Å². The minimum Gasteiger partial charge on any atom is -0.448 e. The predicted octanol–water partition coefficient (Wildman–Crippen LogP) is 4.82. The lowest BCUT2D eigenvalue weighted by molar-refractivity contribution is 0.117. The van der Waals surface area contributed by atoms with Gasteiger partial charge in [-0.25, -0.2) is 4.79 Å². The Balaban J connectivity index is 1.67. The largest absolute Gasteiger partial charge is 0.448 e. The van der Waals surface area contributed by atoms with Crippen molar-refractivity contribution in [2.75, 3.05) is 38.2 Å². The lowest BCUT2D eigenvalue weighted by Crippen LogP contribution is -2.33. The first-order chi connectivity index (χ1) is 12.8. The number of hydrogen-bond acceptors (Lipinski definition) is 4. The van der Waals surface area contributed by atoms with Crippen LogP contribution in [0.3, 0.4) is 0 Å². The van der Waals surface area contributed by atoms with Crippen molar-refractivity contribution in [1.29, 1.82) is 0 Å². The number of anilines is 1. The summed E-state index contributed by atoms with van der Waals surface area (Å²) in [5.74, 6) is 0. The molecule has 0 aromatic heterocycles. The Labute approximate surface area is 158 Å². The van der Waals surface area contributed by atoms with Crippen LogP contribution in [0.15, 0.2) is 24.3 Å². The second-order valence-electron chi connectivity index (χ2n) is 6.93. The molecule has 1 aliphatic heterocycles. The van der Waals surface area contributed by atoms with Crippen LogP contribution in [0.5, 0.6) is 0 Å². The second kappa shape index (κ2) is 12.7. The quantitative estimate of drug-likeness (QED) is 0.574. The number of hydrogen-bond donors (Lipinski definition) is 1. The number of rotatable bonds is 11. The van der Waals surface area contributed by atoms with Gasteiger partial charge in [0, 0.05) is 24.4 Å². The van der Waals surface area contributed by atoms with Crippen molar-refractivity contribution in [3.05, 3.63) is 29.8 Å². The maximum atomic E-state index is 12.1. The van der Waals surface area contributed by atoms with E-state index in [0.29, 0.717) is 13.2 Å². The number of piperidine rings is 1. The average Bonchev–Trinajstić information content (AvgIpc) is 2.66. The summed E-state index contributed by atoms with van der Waals surface area (Å²) < 4.78 is 11.1. The van der Waals surface area contributed by atoms with Crippen LogP contribution in [0.2, 0.25) is 0 Å². The van der Waals surface area contributed by atoms with Crippen LogP contribution in [-0.2, 0) is 16.1 Å². The number of benzene rings is 1. The van der Waals surface area contributed by atoms with Gasteiger partial charge in [0.2, 0.25) is 0 Å². The third-order valence-electron chi connectivity index (χ3n) is 4.74. The van der Waals surface area contributed by atoms with Crippen molar-refractivity contribution < 1.29 is 14.3 Å². The van der Waals surface area contributed by atoms with Crippen LogP contribution in [0.1, 0.15) is 57.4 Å². The lowest BCUT2D eigenvalue weighted by atomic mass is 10.1. The maximum absolute atomic E-state index is 12.1. The molecule has 1 amide bonds. The fourth-order valence-corrected chi connectivity index (χ4v) is 3.18. The fourth-order valence-electron chi connectivity index (χ4n) is 3.18. The van der Waals surface area contributed by atoms with Crippen LogP contribution in [0.4, 0.5) is 10.5 Å². The molecule has 2 rings (SSSR count). The van der Waals surface area contributed by atoms with Gasteiger partial charge < -0.3 is 9.47 Å². The smallest absolute Gasteiger partial charge is 0.411 e. The molecule has 1 aliphatic rings. The monoisotopic (exact) mass is 362 g/mol. The predicted molar refractivity (Wildman–Crippen MR) is 106 cm³/mol. The summed E-state index contributed by atoms with van der Waals surface area (Å²) >= 11 is 0. The van der Waals surface area contributed by atoms with E-state index >= 15 is 0 Å². The highest BCUT2D eigenvalue weighted by molar-refractivity contribution is 5.85. The summed E-state index contributed by atoms with van der Waals surface area (Å²) in [5.41, 5.74) is 1.75. The van der Waals surface area contributed by atoms with Crippen molar-refractivity contribution in [3.63, 3.8) is 0 Å². The van der Waals surface area contributed by atoms with Gasteiger partial charge in [-0.1, -0.05) is 50.8 Å². The standard InChI is InChI=1S/C21H34N2O3/c1-2-3-4-10-16-25-18-19-11-6-7-12-20(19)22-21(24)26-17-15-23-13-8-5-9-14-23/h6-7,11-12H,2-5,8-10,13-18H2,1H3,(H,22,24). The summed E-state index contributed by atoms with van der Waals surface area (Å²) in [5, 5.41) is 2.85. The van der Waals surface area contributed by atoms with Crippen LogP contribution in [-0.4, -0.2) is 43.8 Å². The molecule has 1 fully saturated rings. The van der Waals surface area contributed by atoms with Crippen molar-refractivity contribution in [2.24, 2.45) is 0 Å². The first-order valence-corrected chi connectivity index (χ1v) is 10.1. The van der Waals surface area contributed by atoms with E-state index in [1.807, 2.05) is 24.3 Å². The molecule has 0 aliphatic carbocycles. The Hall–Kier alpha value is -1.59. The first kappa shape index (κ1) is 20.7. The molecule has 146 valence electrons. The first-order valence-electron chi connectivity index (χ1n) is 10.1. The molecule has 1 aromatic rings. The van der Waals surface area contributed by atoms with Gasteiger partial charge >= 0.3 is 6.09 Å². The number of ether oxygens (including phenoxy) is 2. The molecular formula is C21H34N2O3. The zero-order chi connectivity index (χ0) is 18.5. The Morgan fingerprint density at radius 2 is 1.88 bits per heavy atom. The van der Waals surface area contributed by atoms with Gasteiger partial charge in [0.1, 0.15) is 6.61 Å². The van der Waals surface area contributed by atoms with E-state index < -0.39 is 6.09 Å². The van der Waals surface area contributed by atoms with E-state index in [2.05, 4.69) is 17.1 Å². The molecule has 0 atom stereocenters. The minimum atomic E-state index is -0.391. The van der Waals surface area contributed by atoms with Gasteiger partial charge in [-0.3, -0.25) is 10.2 Å². The minimum absolute atomic E-state index is 0.391. The Morgan fingerprint density at radius 3 is 2.69 bits per heavy atom. The molecule has 5 nitrogen and oxygen atoms in total. The Morgan fingerprint density at radius 1 is 1.08 bits per heavy atom. The van der Waals surface area contributed by atoms with Crippen molar-refractivity contribution in [1.82, 2.24) is 4.90 Å². The summed E-state index contributed by atoms with van der Waals surface area (Å²) in [6, 6.07) is 7.74. The Kier molecular flexibility index (Phi) is 10.1. The van der Waals surface area contributed by atoms with Crippen LogP contribution in [0.25, 0.3) is 0 Å². The zero-order valence-corrected chi connectivity index (χ0v) is 16.2. The van der Waals surface area contributed by atoms with Gasteiger partial charge in [-0.15, -0.1) is 0 Å². The number of likely N-dealkylation sites (tertiary alicyclic amines) is 1. The molecular weight excluding hydrogens is 328 g/mol. The van der Waals surface area contributed by atoms with E-state index in [1.165, 1.54) is 38.5 Å². The highest BCUT2D eigenvalue weighted by atomic mass is 16.5. The van der Waals surface area contributed by atoms with Crippen LogP contribution < -0.4 is 5.32 Å². The number of carbonyl (C=O) groups excluding carboxylic acids is 1. The highest BCUT2D eigenvalue weighted by Crippen LogP contribution is 2.17. The summed E-state index contributed by atoms with van der Waals surface area (Å²) in [4.78, 5) is 14.4. The topological polar surface area (TPSA) is 50.8 Å². The molecule has 0 bridgehead atoms. The van der Waals surface area contributed by atoms with Crippen LogP contribution >= 0.6 is 0 Å². The lowest BCUT2D eigenvalue weighted by Gasteiger charge is -2.25. The molecule has 0 saturated carbocycles. The molecule has 1 aromatic carbocycles. The van der Waals surface area contributed by atoms with Crippen molar-refractivity contribution in [2.45, 2.75) is 58.5 Å². The summed E-state index contributed by atoms with van der Waals surface area (Å²) in [7, 11) is 0. The molecule has 0 radical (unpaired) electrons. The number of amides is 1. The number of para-hydroxylation sites is 1. The average molecular weight is 363 g/mol. The zero-order valence-electron chi connectivity index (χ0n) is 16.2. The molecule has 26 heavy (non-hydrogen) atoms. The van der Waals surface area contributed by atoms with E-state index in [0.717, 1.165) is 43.9 Å². The summed E-state index contributed by atoms with van der Waals surface area (Å²) in [6.45, 7) is 6.95. The number of nitrogens with zero attached hydrogens (tertiary/aromatic N) is 1. The Bertz CT molecular complexity index is 516. The number of unbranched alkanes of at least 4 members (excludes halogenated alkanes) is 3. The van der Waals surface area contributed by atoms with Gasteiger partial charge in [0.25, 0.3) is 0 Å². The van der Waals surface area contributed by atoms with E-state index in [9.17, 15) is 4.79 Å². The van der Waals surface area contributed by atoms with Crippen molar-refractivity contribution >= 4 is 11.8 Å². The molecule has 5 heteroatoms. The summed E-state index contributed by atoms with van der Waals surface area (Å²) in [6.07, 6.45) is 8.20. The highest BCUT2D eigenvalue weighted by Gasteiger charge is 2.11. The second-order valence-corrected chi connectivity index (χ2v) is 6.93. The number of nitrogens with one attached hydrogen (secondary N) is 1. The maximum Gasteiger partial charge on any atom is 0.411 e. The normalized spacial score (nSPS) is 15.0.